The summed E-state index contributed by atoms with van der Waals surface area (Å²) in [4.78, 5) is 44.2. The van der Waals surface area contributed by atoms with Crippen LogP contribution in [0.3, 0.4) is 0 Å². The van der Waals surface area contributed by atoms with Crippen LogP contribution in [-0.2, 0) is 14.3 Å². The average molecular weight is 464 g/mol. The molecule has 9 heteroatoms. The van der Waals surface area contributed by atoms with Gasteiger partial charge in [0.05, 0.1) is 31.5 Å². The first-order valence-electron chi connectivity index (χ1n) is 9.93. The number of aryl methyl sites for hydroxylation is 1. The summed E-state index contributed by atoms with van der Waals surface area (Å²) in [5.41, 5.74) is 1.24. The molecule has 1 N–H and O–H groups in total. The number of benzene rings is 2. The lowest BCUT2D eigenvalue weighted by atomic mass is 9.95. The zero-order chi connectivity index (χ0) is 23.7. The van der Waals surface area contributed by atoms with Crippen LogP contribution < -0.4 is 9.64 Å². The first kappa shape index (κ1) is 22.2. The van der Waals surface area contributed by atoms with Crippen LogP contribution in [0.15, 0.2) is 60.2 Å². The van der Waals surface area contributed by atoms with E-state index in [-0.39, 0.29) is 21.3 Å². The highest BCUT2D eigenvalue weighted by Gasteiger charge is 2.48. The van der Waals surface area contributed by atoms with E-state index in [2.05, 4.69) is 4.98 Å². The predicted octanol–water partition coefficient (Wildman–Crippen LogP) is 3.87. The van der Waals surface area contributed by atoms with Gasteiger partial charge in [-0.15, -0.1) is 0 Å². The number of anilines is 1. The number of Topliss-reactive ketones (excluding diaryl/α,β-unsaturated/α-hetero) is 1. The highest BCUT2D eigenvalue weighted by molar-refractivity contribution is 7.17. The van der Waals surface area contributed by atoms with Gasteiger partial charge in [0.1, 0.15) is 16.4 Å². The third kappa shape index (κ3) is 3.87. The molecule has 0 aliphatic carbocycles. The molecular weight excluding hydrogens is 444 g/mol. The number of carbonyl (C=O) groups is 3. The van der Waals surface area contributed by atoms with Crippen molar-refractivity contribution in [1.82, 2.24) is 4.98 Å². The van der Waals surface area contributed by atoms with Gasteiger partial charge in [-0.05, 0) is 24.6 Å². The lowest BCUT2D eigenvalue weighted by Crippen LogP contribution is -2.29. The van der Waals surface area contributed by atoms with Crippen molar-refractivity contribution in [2.75, 3.05) is 19.1 Å². The molecule has 4 rings (SSSR count). The van der Waals surface area contributed by atoms with Crippen molar-refractivity contribution in [2.45, 2.75) is 13.0 Å². The number of ether oxygens (including phenoxy) is 2. The second kappa shape index (κ2) is 8.87. The highest BCUT2D eigenvalue weighted by Crippen LogP contribution is 2.44. The summed E-state index contributed by atoms with van der Waals surface area (Å²) in [6, 6.07) is 14.5. The van der Waals surface area contributed by atoms with Gasteiger partial charge >= 0.3 is 11.9 Å². The SMILES string of the molecule is COC(=O)c1sc(N2C(=O)C(=O)/C(=C(/O)c3cccc(OC)c3)[C@H]2c2ccccc2)nc1C. The zero-order valence-corrected chi connectivity index (χ0v) is 18.9. The molecule has 1 aliphatic rings. The molecule has 2 aromatic carbocycles. The van der Waals surface area contributed by atoms with Crippen molar-refractivity contribution in [2.24, 2.45) is 0 Å². The summed E-state index contributed by atoms with van der Waals surface area (Å²) in [5.74, 6) is -2.12. The number of hydrogen-bond acceptors (Lipinski definition) is 8. The van der Waals surface area contributed by atoms with E-state index in [0.717, 1.165) is 11.3 Å². The third-order valence-corrected chi connectivity index (χ3v) is 6.40. The number of amides is 1. The lowest BCUT2D eigenvalue weighted by molar-refractivity contribution is -0.132. The number of aromatic nitrogens is 1. The maximum Gasteiger partial charge on any atom is 0.350 e. The van der Waals surface area contributed by atoms with Crippen molar-refractivity contribution < 1.29 is 29.0 Å². The predicted molar refractivity (Wildman–Crippen MR) is 122 cm³/mol. The van der Waals surface area contributed by atoms with E-state index in [0.29, 0.717) is 22.6 Å². The van der Waals surface area contributed by atoms with Crippen LogP contribution in [0, 0.1) is 6.92 Å². The van der Waals surface area contributed by atoms with Crippen LogP contribution in [0.5, 0.6) is 5.75 Å². The molecule has 1 atom stereocenters. The van der Waals surface area contributed by atoms with Gasteiger partial charge in [-0.25, -0.2) is 9.78 Å². The third-order valence-electron chi connectivity index (χ3n) is 5.27. The van der Waals surface area contributed by atoms with Gasteiger partial charge in [0.2, 0.25) is 0 Å². The Labute approximate surface area is 193 Å². The number of esters is 1. The molecule has 1 aliphatic heterocycles. The number of thiazole rings is 1. The molecule has 0 spiro atoms. The van der Waals surface area contributed by atoms with Gasteiger partial charge in [-0.3, -0.25) is 14.5 Å². The number of rotatable bonds is 5. The monoisotopic (exact) mass is 464 g/mol. The summed E-state index contributed by atoms with van der Waals surface area (Å²) >= 11 is 0.952. The Morgan fingerprint density at radius 1 is 1.09 bits per heavy atom. The molecule has 0 bridgehead atoms. The van der Waals surface area contributed by atoms with Crippen LogP contribution in [0.25, 0.3) is 5.76 Å². The number of nitrogens with zero attached hydrogens (tertiary/aromatic N) is 2. The molecule has 0 saturated carbocycles. The zero-order valence-electron chi connectivity index (χ0n) is 18.1. The summed E-state index contributed by atoms with van der Waals surface area (Å²) in [6.07, 6.45) is 0. The van der Waals surface area contributed by atoms with E-state index in [1.807, 2.05) is 0 Å². The van der Waals surface area contributed by atoms with Crippen molar-refractivity contribution in [3.8, 4) is 5.75 Å². The van der Waals surface area contributed by atoms with Crippen molar-refractivity contribution in [1.29, 1.82) is 0 Å². The Kier molecular flexibility index (Phi) is 5.97. The first-order valence-corrected chi connectivity index (χ1v) is 10.7. The summed E-state index contributed by atoms with van der Waals surface area (Å²) in [6.45, 7) is 1.62. The van der Waals surface area contributed by atoms with Crippen LogP contribution in [0.1, 0.15) is 32.5 Å². The molecule has 168 valence electrons. The van der Waals surface area contributed by atoms with Crippen LogP contribution in [0.4, 0.5) is 5.13 Å². The minimum Gasteiger partial charge on any atom is -0.507 e. The molecule has 2 heterocycles. The Morgan fingerprint density at radius 3 is 2.48 bits per heavy atom. The molecule has 1 saturated heterocycles. The Hall–Kier alpha value is -3.98. The van der Waals surface area contributed by atoms with E-state index in [1.54, 1.807) is 61.5 Å². The van der Waals surface area contributed by atoms with E-state index in [1.165, 1.54) is 19.1 Å². The topological polar surface area (TPSA) is 106 Å². The van der Waals surface area contributed by atoms with Gasteiger partial charge in [0.25, 0.3) is 5.78 Å². The second-order valence-electron chi connectivity index (χ2n) is 7.21. The molecule has 0 unspecified atom stereocenters. The fourth-order valence-electron chi connectivity index (χ4n) is 3.67. The van der Waals surface area contributed by atoms with E-state index in [4.69, 9.17) is 9.47 Å². The summed E-state index contributed by atoms with van der Waals surface area (Å²) in [7, 11) is 2.75. The van der Waals surface area contributed by atoms with Crippen molar-refractivity contribution >= 4 is 39.9 Å². The number of methoxy groups -OCH3 is 2. The molecule has 1 aromatic heterocycles. The molecule has 0 radical (unpaired) electrons. The van der Waals surface area contributed by atoms with Crippen LogP contribution in [0.2, 0.25) is 0 Å². The van der Waals surface area contributed by atoms with E-state index < -0.39 is 23.7 Å². The maximum atomic E-state index is 13.2. The number of carbonyl (C=O) groups excluding carboxylic acids is 3. The smallest absolute Gasteiger partial charge is 0.350 e. The molecule has 33 heavy (non-hydrogen) atoms. The highest BCUT2D eigenvalue weighted by atomic mass is 32.1. The van der Waals surface area contributed by atoms with Gasteiger partial charge in [-0.2, -0.15) is 0 Å². The standard InChI is InChI=1S/C24H20N2O6S/c1-13-21(23(30)32-3)33-24(25-13)26-18(14-8-5-4-6-9-14)17(20(28)22(26)29)19(27)15-10-7-11-16(12-15)31-2/h4-12,18,27H,1-3H3/b19-17+/t18-/m1/s1. The largest absolute Gasteiger partial charge is 0.507 e. The van der Waals surface area contributed by atoms with Gasteiger partial charge in [0, 0.05) is 5.56 Å². The second-order valence-corrected chi connectivity index (χ2v) is 8.19. The van der Waals surface area contributed by atoms with Gasteiger partial charge in [0.15, 0.2) is 5.13 Å². The van der Waals surface area contributed by atoms with Gasteiger partial charge in [-0.1, -0.05) is 53.8 Å². The Morgan fingerprint density at radius 2 is 1.82 bits per heavy atom. The van der Waals surface area contributed by atoms with Gasteiger partial charge < -0.3 is 14.6 Å². The van der Waals surface area contributed by atoms with Crippen molar-refractivity contribution in [3.63, 3.8) is 0 Å². The minimum atomic E-state index is -0.937. The van der Waals surface area contributed by atoms with E-state index >= 15 is 0 Å². The number of ketones is 1. The number of hydrogen-bond donors (Lipinski definition) is 1. The molecule has 1 amide bonds. The minimum absolute atomic E-state index is 0.0769. The van der Waals surface area contributed by atoms with Crippen molar-refractivity contribution in [3.05, 3.63) is 81.9 Å². The van der Waals surface area contributed by atoms with Crippen LogP contribution in [-0.4, -0.2) is 42.0 Å². The maximum absolute atomic E-state index is 13.2. The fourth-order valence-corrected chi connectivity index (χ4v) is 4.69. The molecular formula is C24H20N2O6S. The van der Waals surface area contributed by atoms with E-state index in [9.17, 15) is 19.5 Å². The number of aliphatic hydroxyl groups excluding tert-OH is 1. The average Bonchev–Trinajstić information content (AvgIpc) is 3.35. The Bertz CT molecular complexity index is 1280. The first-order chi connectivity index (χ1) is 15.9. The normalized spacial score (nSPS) is 17.3. The summed E-state index contributed by atoms with van der Waals surface area (Å²) in [5, 5.41) is 11.3. The Balaban J connectivity index is 1.92. The lowest BCUT2D eigenvalue weighted by Gasteiger charge is -2.23. The quantitative estimate of drug-likeness (QED) is 0.264. The molecule has 8 nitrogen and oxygen atoms in total. The van der Waals surface area contributed by atoms with Crippen LogP contribution >= 0.6 is 11.3 Å². The molecule has 3 aromatic rings. The molecule has 1 fully saturated rings. The summed E-state index contributed by atoms with van der Waals surface area (Å²) < 4.78 is 10.0. The fraction of sp³-hybridized carbons (Fsp3) is 0.167. The number of aliphatic hydroxyl groups is 1.